The van der Waals surface area contributed by atoms with Gasteiger partial charge in [0.15, 0.2) is 5.78 Å². The lowest BCUT2D eigenvalue weighted by molar-refractivity contribution is -0.132. The van der Waals surface area contributed by atoms with Crippen LogP contribution in [-0.2, 0) is 4.79 Å². The molecule has 2 aromatic carbocycles. The van der Waals surface area contributed by atoms with Crippen LogP contribution in [0, 0.1) is 5.82 Å². The Morgan fingerprint density at radius 1 is 1.10 bits per heavy atom. The zero-order chi connectivity index (χ0) is 22.4. The van der Waals surface area contributed by atoms with Gasteiger partial charge < -0.3 is 19.4 Å². The van der Waals surface area contributed by atoms with E-state index in [1.807, 2.05) is 42.1 Å². The Morgan fingerprint density at radius 2 is 1.84 bits per heavy atom. The minimum Gasteiger partial charge on any atom is -0.497 e. The predicted octanol–water partition coefficient (Wildman–Crippen LogP) is 2.94. The summed E-state index contributed by atoms with van der Waals surface area (Å²) in [6.45, 7) is 3.14. The van der Waals surface area contributed by atoms with Crippen LogP contribution in [0.3, 0.4) is 0 Å². The molecule has 7 heteroatoms. The molecule has 0 saturated carbocycles. The van der Waals surface area contributed by atoms with Crippen LogP contribution in [0.2, 0.25) is 0 Å². The lowest BCUT2D eigenvalue weighted by atomic mass is 10.1. The fourth-order valence-corrected chi connectivity index (χ4v) is 3.47. The number of ketones is 1. The van der Waals surface area contributed by atoms with Crippen LogP contribution in [0.5, 0.6) is 5.75 Å². The fraction of sp³-hybridized carbons (Fsp3) is 0.333. The molecule has 0 atom stereocenters. The third kappa shape index (κ3) is 5.92. The molecule has 0 bridgehead atoms. The van der Waals surface area contributed by atoms with Crippen molar-refractivity contribution in [1.29, 1.82) is 0 Å². The normalized spacial score (nSPS) is 14.4. The second-order valence-corrected chi connectivity index (χ2v) is 7.74. The second-order valence-electron chi connectivity index (χ2n) is 7.74. The average Bonchev–Trinajstić information content (AvgIpc) is 2.77. The summed E-state index contributed by atoms with van der Waals surface area (Å²) in [6, 6.07) is 11.9. The van der Waals surface area contributed by atoms with E-state index < -0.39 is 5.82 Å². The number of nitrogens with zero attached hydrogens (tertiary/aromatic N) is 3. The molecule has 1 aliphatic heterocycles. The van der Waals surface area contributed by atoms with Gasteiger partial charge in [0.1, 0.15) is 11.6 Å². The van der Waals surface area contributed by atoms with Crippen LogP contribution in [0.1, 0.15) is 15.9 Å². The Bertz CT molecular complexity index is 966. The van der Waals surface area contributed by atoms with Crippen LogP contribution in [0.25, 0.3) is 6.08 Å². The summed E-state index contributed by atoms with van der Waals surface area (Å²) in [7, 11) is 5.24. The highest BCUT2D eigenvalue weighted by Gasteiger charge is 2.21. The molecule has 1 heterocycles. The van der Waals surface area contributed by atoms with E-state index in [0.717, 1.165) is 5.69 Å². The van der Waals surface area contributed by atoms with Gasteiger partial charge in [-0.25, -0.2) is 4.39 Å². The molecule has 1 aliphatic rings. The molecule has 0 aliphatic carbocycles. The maximum absolute atomic E-state index is 14.1. The van der Waals surface area contributed by atoms with Gasteiger partial charge in [0, 0.05) is 49.1 Å². The number of carbonyl (C=O) groups excluding carboxylic acids is 2. The molecule has 1 saturated heterocycles. The molecular formula is C24H28FN3O3. The largest absolute Gasteiger partial charge is 0.497 e. The lowest BCUT2D eigenvalue weighted by Gasteiger charge is -2.36. The quantitative estimate of drug-likeness (QED) is 0.504. The van der Waals surface area contributed by atoms with Gasteiger partial charge in [-0.3, -0.25) is 9.59 Å². The molecule has 1 amide bonds. The van der Waals surface area contributed by atoms with Crippen molar-refractivity contribution in [3.8, 4) is 5.75 Å². The Kier molecular flexibility index (Phi) is 7.41. The van der Waals surface area contributed by atoms with E-state index in [0.29, 0.717) is 49.6 Å². The molecule has 3 rings (SSSR count). The van der Waals surface area contributed by atoms with Gasteiger partial charge in [0.25, 0.3) is 0 Å². The SMILES string of the molecule is COc1ccc(/C=C/C(=O)c2cccc(N3CCN(C(=O)CN(C)C)CC3)c2)c(F)c1. The van der Waals surface area contributed by atoms with Crippen LogP contribution in [-0.4, -0.2) is 75.4 Å². The number of amides is 1. The van der Waals surface area contributed by atoms with Crippen molar-refractivity contribution in [2.75, 3.05) is 58.8 Å². The summed E-state index contributed by atoms with van der Waals surface area (Å²) in [6.07, 6.45) is 2.85. The second kappa shape index (κ2) is 10.2. The Hall–Kier alpha value is -3.19. The first-order chi connectivity index (χ1) is 14.9. The van der Waals surface area contributed by atoms with Crippen molar-refractivity contribution >= 4 is 23.5 Å². The third-order valence-electron chi connectivity index (χ3n) is 5.20. The van der Waals surface area contributed by atoms with Crippen molar-refractivity contribution in [3.05, 3.63) is 65.5 Å². The first-order valence-electron chi connectivity index (χ1n) is 10.2. The van der Waals surface area contributed by atoms with Crippen molar-refractivity contribution in [3.63, 3.8) is 0 Å². The van der Waals surface area contributed by atoms with E-state index in [9.17, 15) is 14.0 Å². The minimum atomic E-state index is -0.446. The van der Waals surface area contributed by atoms with Gasteiger partial charge >= 0.3 is 0 Å². The summed E-state index contributed by atoms with van der Waals surface area (Å²) in [5, 5.41) is 0. The smallest absolute Gasteiger partial charge is 0.236 e. The number of ether oxygens (including phenoxy) is 1. The van der Waals surface area contributed by atoms with Gasteiger partial charge in [-0.15, -0.1) is 0 Å². The molecule has 31 heavy (non-hydrogen) atoms. The summed E-state index contributed by atoms with van der Waals surface area (Å²) >= 11 is 0. The van der Waals surface area contributed by atoms with E-state index in [-0.39, 0.29) is 11.7 Å². The van der Waals surface area contributed by atoms with Crippen molar-refractivity contribution < 1.29 is 18.7 Å². The molecule has 164 valence electrons. The van der Waals surface area contributed by atoms with E-state index in [1.54, 1.807) is 18.2 Å². The highest BCUT2D eigenvalue weighted by molar-refractivity contribution is 6.07. The topological polar surface area (TPSA) is 53.1 Å². The monoisotopic (exact) mass is 425 g/mol. The predicted molar refractivity (Wildman–Crippen MR) is 120 cm³/mol. The molecule has 0 unspecified atom stereocenters. The molecule has 0 radical (unpaired) electrons. The number of carbonyl (C=O) groups is 2. The van der Waals surface area contributed by atoms with E-state index >= 15 is 0 Å². The number of allylic oxidation sites excluding steroid dienone is 1. The van der Waals surface area contributed by atoms with Gasteiger partial charge in [-0.1, -0.05) is 12.1 Å². The number of hydrogen-bond donors (Lipinski definition) is 0. The van der Waals surface area contributed by atoms with E-state index in [4.69, 9.17) is 4.74 Å². The molecular weight excluding hydrogens is 397 g/mol. The lowest BCUT2D eigenvalue weighted by Crippen LogP contribution is -2.50. The van der Waals surface area contributed by atoms with E-state index in [2.05, 4.69) is 4.90 Å². The number of hydrogen-bond acceptors (Lipinski definition) is 5. The van der Waals surface area contributed by atoms with Gasteiger partial charge in [0.2, 0.25) is 5.91 Å². The summed E-state index contributed by atoms with van der Waals surface area (Å²) in [4.78, 5) is 30.8. The number of halogens is 1. The van der Waals surface area contributed by atoms with Crippen LogP contribution in [0.4, 0.5) is 10.1 Å². The first-order valence-corrected chi connectivity index (χ1v) is 10.2. The fourth-order valence-electron chi connectivity index (χ4n) is 3.47. The molecule has 6 nitrogen and oxygen atoms in total. The average molecular weight is 426 g/mol. The van der Waals surface area contributed by atoms with Crippen molar-refractivity contribution in [1.82, 2.24) is 9.80 Å². The number of piperazine rings is 1. The zero-order valence-corrected chi connectivity index (χ0v) is 18.2. The number of anilines is 1. The van der Waals surface area contributed by atoms with Gasteiger partial charge in [-0.2, -0.15) is 0 Å². The molecule has 0 aromatic heterocycles. The van der Waals surface area contributed by atoms with Gasteiger partial charge in [0.05, 0.1) is 13.7 Å². The number of methoxy groups -OCH3 is 1. The summed E-state index contributed by atoms with van der Waals surface area (Å²) < 4.78 is 19.1. The van der Waals surface area contributed by atoms with E-state index in [1.165, 1.54) is 25.3 Å². The Labute approximate surface area is 182 Å². The summed E-state index contributed by atoms with van der Waals surface area (Å²) in [5.41, 5.74) is 1.80. The molecule has 2 aromatic rings. The number of benzene rings is 2. The maximum atomic E-state index is 14.1. The molecule has 1 fully saturated rings. The Balaban J connectivity index is 1.64. The number of likely N-dealkylation sites (N-methyl/N-ethyl adjacent to an activating group) is 1. The van der Waals surface area contributed by atoms with Crippen LogP contribution < -0.4 is 9.64 Å². The Morgan fingerprint density at radius 3 is 2.48 bits per heavy atom. The highest BCUT2D eigenvalue weighted by atomic mass is 19.1. The highest BCUT2D eigenvalue weighted by Crippen LogP contribution is 2.20. The van der Waals surface area contributed by atoms with Gasteiger partial charge in [-0.05, 0) is 50.5 Å². The summed E-state index contributed by atoms with van der Waals surface area (Å²) in [5.74, 6) is -0.0858. The molecule has 0 spiro atoms. The maximum Gasteiger partial charge on any atom is 0.236 e. The standard InChI is InChI=1S/C24H28FN3O3/c1-26(2)17-24(30)28-13-11-27(12-14-28)20-6-4-5-19(15-20)23(29)10-8-18-7-9-21(31-3)16-22(18)25/h4-10,15-16H,11-14,17H2,1-3H3/b10-8+. The zero-order valence-electron chi connectivity index (χ0n) is 18.2. The first kappa shape index (κ1) is 22.5. The van der Waals surface area contributed by atoms with Crippen molar-refractivity contribution in [2.45, 2.75) is 0 Å². The van der Waals surface area contributed by atoms with Crippen LogP contribution >= 0.6 is 0 Å². The number of rotatable bonds is 7. The van der Waals surface area contributed by atoms with Crippen LogP contribution in [0.15, 0.2) is 48.5 Å². The minimum absolute atomic E-state index is 0.129. The third-order valence-corrected chi connectivity index (χ3v) is 5.20. The van der Waals surface area contributed by atoms with Crippen molar-refractivity contribution in [2.24, 2.45) is 0 Å². The molecule has 0 N–H and O–H groups in total.